The SMILES string of the molecule is CC/C=C\C/C=C\C/C=C\C/C=C\C/C=C\CCCC(=O)OC(COC(=O)CCCCCCCCCCCCCCC)COC(=O)CCCCCCCCCCCCCCCCCCCCCCC. The fourth-order valence-electron chi connectivity index (χ4n) is 8.60. The van der Waals surface area contributed by atoms with Gasteiger partial charge in [0.1, 0.15) is 13.2 Å². The van der Waals surface area contributed by atoms with Crippen molar-refractivity contribution in [2.75, 3.05) is 13.2 Å². The maximum atomic E-state index is 12.8. The van der Waals surface area contributed by atoms with Gasteiger partial charge in [-0.2, -0.15) is 0 Å². The quantitative estimate of drug-likeness (QED) is 0.0262. The zero-order valence-corrected chi connectivity index (χ0v) is 45.8. The van der Waals surface area contributed by atoms with E-state index in [-0.39, 0.29) is 37.5 Å². The predicted molar refractivity (Wildman–Crippen MR) is 298 cm³/mol. The first kappa shape index (κ1) is 66.1. The lowest BCUT2D eigenvalue weighted by molar-refractivity contribution is -0.167. The number of ether oxygens (including phenoxy) is 3. The van der Waals surface area contributed by atoms with Gasteiger partial charge in [0.2, 0.25) is 0 Å². The lowest BCUT2D eigenvalue weighted by Gasteiger charge is -2.18. The first-order valence-corrected chi connectivity index (χ1v) is 29.8. The fourth-order valence-corrected chi connectivity index (χ4v) is 8.60. The molecule has 0 saturated carbocycles. The molecule has 0 radical (unpaired) electrons. The van der Waals surface area contributed by atoms with Crippen LogP contribution in [0.25, 0.3) is 0 Å². The van der Waals surface area contributed by atoms with E-state index in [4.69, 9.17) is 14.2 Å². The molecule has 0 spiro atoms. The number of esters is 3. The molecule has 0 fully saturated rings. The summed E-state index contributed by atoms with van der Waals surface area (Å²) < 4.78 is 16.8. The van der Waals surface area contributed by atoms with Gasteiger partial charge in [-0.15, -0.1) is 0 Å². The van der Waals surface area contributed by atoms with Crippen LogP contribution in [0.3, 0.4) is 0 Å². The van der Waals surface area contributed by atoms with E-state index in [9.17, 15) is 14.4 Å². The molecular weight excluding hydrogens is 853 g/mol. The molecule has 0 bridgehead atoms. The van der Waals surface area contributed by atoms with E-state index in [1.807, 2.05) is 0 Å². The normalized spacial score (nSPS) is 12.4. The van der Waals surface area contributed by atoms with Gasteiger partial charge in [-0.25, -0.2) is 0 Å². The summed E-state index contributed by atoms with van der Waals surface area (Å²) >= 11 is 0. The highest BCUT2D eigenvalue weighted by molar-refractivity contribution is 5.71. The summed E-state index contributed by atoms with van der Waals surface area (Å²) in [5.41, 5.74) is 0. The third kappa shape index (κ3) is 55.9. The molecule has 0 aromatic carbocycles. The minimum Gasteiger partial charge on any atom is -0.462 e. The molecule has 0 aromatic heterocycles. The van der Waals surface area contributed by atoms with E-state index < -0.39 is 6.10 Å². The average Bonchev–Trinajstić information content (AvgIpc) is 3.35. The minimum absolute atomic E-state index is 0.0926. The van der Waals surface area contributed by atoms with Crippen LogP contribution in [-0.2, 0) is 28.6 Å². The Bertz CT molecular complexity index is 1250. The second kappa shape index (κ2) is 57.7. The van der Waals surface area contributed by atoms with Crippen molar-refractivity contribution in [2.45, 2.75) is 309 Å². The van der Waals surface area contributed by atoms with Gasteiger partial charge < -0.3 is 14.2 Å². The second-order valence-electron chi connectivity index (χ2n) is 19.9. The summed E-state index contributed by atoms with van der Waals surface area (Å²) in [6, 6.07) is 0. The zero-order chi connectivity index (χ0) is 50.0. The van der Waals surface area contributed by atoms with Crippen LogP contribution >= 0.6 is 0 Å². The molecule has 0 amide bonds. The molecule has 400 valence electrons. The maximum absolute atomic E-state index is 12.8. The Morgan fingerprint density at radius 3 is 0.870 bits per heavy atom. The van der Waals surface area contributed by atoms with Crippen molar-refractivity contribution in [3.8, 4) is 0 Å². The van der Waals surface area contributed by atoms with Crippen molar-refractivity contribution < 1.29 is 28.6 Å². The van der Waals surface area contributed by atoms with Gasteiger partial charge in [0.15, 0.2) is 6.10 Å². The van der Waals surface area contributed by atoms with Crippen LogP contribution in [0, 0.1) is 0 Å². The number of hydrogen-bond donors (Lipinski definition) is 0. The molecule has 0 heterocycles. The van der Waals surface area contributed by atoms with Crippen molar-refractivity contribution in [1.29, 1.82) is 0 Å². The lowest BCUT2D eigenvalue weighted by atomic mass is 10.0. The predicted octanol–water partition coefficient (Wildman–Crippen LogP) is 20.0. The van der Waals surface area contributed by atoms with Crippen molar-refractivity contribution >= 4 is 17.9 Å². The van der Waals surface area contributed by atoms with E-state index in [2.05, 4.69) is 81.5 Å². The fraction of sp³-hybridized carbons (Fsp3) is 0.794. The Hall–Kier alpha value is -2.89. The molecule has 0 rings (SSSR count). The highest BCUT2D eigenvalue weighted by Crippen LogP contribution is 2.17. The molecule has 0 aliphatic carbocycles. The van der Waals surface area contributed by atoms with Crippen LogP contribution in [0.4, 0.5) is 0 Å². The van der Waals surface area contributed by atoms with E-state index in [0.29, 0.717) is 19.3 Å². The van der Waals surface area contributed by atoms with Crippen molar-refractivity contribution in [2.24, 2.45) is 0 Å². The van der Waals surface area contributed by atoms with Crippen molar-refractivity contribution in [3.05, 3.63) is 60.8 Å². The molecular formula is C63H112O6. The molecule has 6 nitrogen and oxygen atoms in total. The zero-order valence-electron chi connectivity index (χ0n) is 45.8. The van der Waals surface area contributed by atoms with Crippen molar-refractivity contribution in [3.63, 3.8) is 0 Å². The Kier molecular flexibility index (Phi) is 55.3. The molecule has 1 unspecified atom stereocenters. The summed E-state index contributed by atoms with van der Waals surface area (Å²) in [4.78, 5) is 38.1. The Labute approximate surface area is 428 Å². The van der Waals surface area contributed by atoms with Crippen LogP contribution in [0.15, 0.2) is 60.8 Å². The number of carbonyl (C=O) groups is 3. The van der Waals surface area contributed by atoms with E-state index in [1.54, 1.807) is 0 Å². The highest BCUT2D eigenvalue weighted by Gasteiger charge is 2.19. The van der Waals surface area contributed by atoms with Gasteiger partial charge in [0.25, 0.3) is 0 Å². The molecule has 0 N–H and O–H groups in total. The third-order valence-corrected chi connectivity index (χ3v) is 13.0. The Morgan fingerprint density at radius 2 is 0.565 bits per heavy atom. The second-order valence-corrected chi connectivity index (χ2v) is 19.9. The number of allylic oxidation sites excluding steroid dienone is 10. The van der Waals surface area contributed by atoms with E-state index in [1.165, 1.54) is 180 Å². The maximum Gasteiger partial charge on any atom is 0.306 e. The summed E-state index contributed by atoms with van der Waals surface area (Å²) in [5, 5.41) is 0. The van der Waals surface area contributed by atoms with Gasteiger partial charge in [0.05, 0.1) is 0 Å². The molecule has 1 atom stereocenters. The molecule has 0 saturated heterocycles. The van der Waals surface area contributed by atoms with Gasteiger partial charge in [-0.05, 0) is 57.8 Å². The van der Waals surface area contributed by atoms with Gasteiger partial charge in [-0.1, -0.05) is 287 Å². The van der Waals surface area contributed by atoms with Crippen molar-refractivity contribution in [1.82, 2.24) is 0 Å². The van der Waals surface area contributed by atoms with Gasteiger partial charge in [-0.3, -0.25) is 14.4 Å². The Morgan fingerprint density at radius 1 is 0.304 bits per heavy atom. The summed E-state index contributed by atoms with van der Waals surface area (Å²) in [6.07, 6.45) is 72.3. The largest absolute Gasteiger partial charge is 0.462 e. The standard InChI is InChI=1S/C63H112O6/c1-4-7-10-13-16-19-22-25-27-29-30-31-32-34-35-38-41-44-47-50-53-56-62(65)68-59-60(58-67-61(64)55-52-49-46-43-40-37-24-21-18-15-12-9-6-3)69-63(66)57-54-51-48-45-42-39-36-33-28-26-23-20-17-14-11-8-5-2/h8,11,17,20,26,28,36,39,45,48,60H,4-7,9-10,12-16,18-19,21-25,27,29-35,37-38,40-44,46-47,49-59H2,1-3H3/b11-8-,20-17-,28-26-,39-36-,48-45-. The summed E-state index contributed by atoms with van der Waals surface area (Å²) in [5.74, 6) is -0.936. The third-order valence-electron chi connectivity index (χ3n) is 13.0. The average molecular weight is 966 g/mol. The van der Waals surface area contributed by atoms with E-state index >= 15 is 0 Å². The van der Waals surface area contributed by atoms with Crippen LogP contribution in [0.2, 0.25) is 0 Å². The number of rotatable bonds is 54. The summed E-state index contributed by atoms with van der Waals surface area (Å²) in [7, 11) is 0. The van der Waals surface area contributed by atoms with Crippen LogP contribution in [0.5, 0.6) is 0 Å². The highest BCUT2D eigenvalue weighted by atomic mass is 16.6. The molecule has 0 aromatic rings. The number of hydrogen-bond acceptors (Lipinski definition) is 6. The monoisotopic (exact) mass is 965 g/mol. The lowest BCUT2D eigenvalue weighted by Crippen LogP contribution is -2.30. The topological polar surface area (TPSA) is 78.9 Å². The van der Waals surface area contributed by atoms with Gasteiger partial charge in [0, 0.05) is 19.3 Å². The molecule has 0 aliphatic rings. The van der Waals surface area contributed by atoms with Crippen LogP contribution in [0.1, 0.15) is 303 Å². The molecule has 69 heavy (non-hydrogen) atoms. The smallest absolute Gasteiger partial charge is 0.306 e. The molecule has 6 heteroatoms. The minimum atomic E-state index is -0.800. The first-order valence-electron chi connectivity index (χ1n) is 29.8. The summed E-state index contributed by atoms with van der Waals surface area (Å²) in [6.45, 7) is 6.52. The number of carbonyl (C=O) groups excluding carboxylic acids is 3. The molecule has 0 aliphatic heterocycles. The number of unbranched alkanes of at least 4 members (excludes halogenated alkanes) is 33. The van der Waals surface area contributed by atoms with E-state index in [0.717, 1.165) is 77.0 Å². The van der Waals surface area contributed by atoms with Crippen LogP contribution in [-0.4, -0.2) is 37.2 Å². The first-order chi connectivity index (χ1) is 34.0. The van der Waals surface area contributed by atoms with Crippen LogP contribution < -0.4 is 0 Å². The Balaban J connectivity index is 4.37. The van der Waals surface area contributed by atoms with Gasteiger partial charge >= 0.3 is 17.9 Å².